The van der Waals surface area contributed by atoms with Crippen molar-refractivity contribution in [1.82, 2.24) is 9.29 Å². The minimum atomic E-state index is -3.51. The van der Waals surface area contributed by atoms with Crippen LogP contribution >= 0.6 is 23.1 Å². The summed E-state index contributed by atoms with van der Waals surface area (Å²) in [4.78, 5) is 17.1. The molecule has 9 heteroatoms. The molecule has 0 saturated carbocycles. The Labute approximate surface area is 184 Å². The van der Waals surface area contributed by atoms with Gasteiger partial charge in [0.05, 0.1) is 16.3 Å². The number of amides is 1. The number of nitrogens with zero attached hydrogens (tertiary/aromatic N) is 2. The summed E-state index contributed by atoms with van der Waals surface area (Å²) in [6.07, 6.45) is 1.77. The van der Waals surface area contributed by atoms with E-state index in [0.29, 0.717) is 18.8 Å². The standard InChI is InChI=1S/C21H21N3O3S3/c25-20(15-29-21-23-19(14-28-21)16-7-2-1-3-8-16)22-17-9-6-10-18(13-17)30(26,27)24-11-4-5-12-24/h1-3,6-10,13-14H,4-5,11-12,15H2,(H,22,25). The van der Waals surface area contributed by atoms with Crippen molar-refractivity contribution in [2.24, 2.45) is 0 Å². The molecule has 156 valence electrons. The van der Waals surface area contributed by atoms with Crippen LogP contribution in [-0.2, 0) is 14.8 Å². The van der Waals surface area contributed by atoms with Crippen LogP contribution in [0.25, 0.3) is 11.3 Å². The molecule has 30 heavy (non-hydrogen) atoms. The zero-order chi connectivity index (χ0) is 21.0. The number of anilines is 1. The third-order valence-corrected chi connectivity index (χ3v) is 8.62. The summed E-state index contributed by atoms with van der Waals surface area (Å²) in [6, 6.07) is 16.3. The van der Waals surface area contributed by atoms with E-state index >= 15 is 0 Å². The van der Waals surface area contributed by atoms with Gasteiger partial charge in [0.2, 0.25) is 15.9 Å². The molecule has 1 fully saturated rings. The highest BCUT2D eigenvalue weighted by Crippen LogP contribution is 2.28. The van der Waals surface area contributed by atoms with E-state index in [1.165, 1.54) is 33.5 Å². The van der Waals surface area contributed by atoms with Crippen LogP contribution in [0.2, 0.25) is 0 Å². The number of nitrogens with one attached hydrogen (secondary N) is 1. The summed E-state index contributed by atoms with van der Waals surface area (Å²) in [5, 5.41) is 4.76. The van der Waals surface area contributed by atoms with Crippen LogP contribution in [0.3, 0.4) is 0 Å². The second kappa shape index (κ2) is 9.30. The van der Waals surface area contributed by atoms with Gasteiger partial charge in [0.1, 0.15) is 0 Å². The van der Waals surface area contributed by atoms with Crippen LogP contribution in [0.15, 0.2) is 69.2 Å². The minimum Gasteiger partial charge on any atom is -0.325 e. The summed E-state index contributed by atoms with van der Waals surface area (Å²) in [6.45, 7) is 1.10. The van der Waals surface area contributed by atoms with Gasteiger partial charge in [0.25, 0.3) is 0 Å². The average molecular weight is 460 g/mol. The van der Waals surface area contributed by atoms with Gasteiger partial charge in [-0.2, -0.15) is 4.31 Å². The van der Waals surface area contributed by atoms with E-state index in [4.69, 9.17) is 0 Å². The van der Waals surface area contributed by atoms with Crippen LogP contribution in [-0.4, -0.2) is 42.5 Å². The zero-order valence-electron chi connectivity index (χ0n) is 16.2. The number of aromatic nitrogens is 1. The van der Waals surface area contributed by atoms with E-state index in [1.54, 1.807) is 18.2 Å². The molecule has 0 atom stereocenters. The molecule has 0 aliphatic carbocycles. The van der Waals surface area contributed by atoms with E-state index in [1.807, 2.05) is 35.7 Å². The van der Waals surface area contributed by atoms with Crippen molar-refractivity contribution in [1.29, 1.82) is 0 Å². The molecular formula is C21H21N3O3S3. The lowest BCUT2D eigenvalue weighted by Gasteiger charge is -2.16. The molecular weight excluding hydrogens is 438 g/mol. The molecule has 2 aromatic carbocycles. The highest BCUT2D eigenvalue weighted by Gasteiger charge is 2.27. The summed E-state index contributed by atoms with van der Waals surface area (Å²) < 4.78 is 27.7. The Kier molecular flexibility index (Phi) is 6.52. The van der Waals surface area contributed by atoms with Crippen molar-refractivity contribution < 1.29 is 13.2 Å². The smallest absolute Gasteiger partial charge is 0.243 e. The molecule has 1 aliphatic rings. The summed E-state index contributed by atoms with van der Waals surface area (Å²) in [5.41, 5.74) is 2.41. The normalized spacial score (nSPS) is 14.7. The lowest BCUT2D eigenvalue weighted by Crippen LogP contribution is -2.28. The Balaban J connectivity index is 1.36. The maximum atomic E-state index is 12.7. The SMILES string of the molecule is O=C(CSc1nc(-c2ccccc2)cs1)Nc1cccc(S(=O)(=O)N2CCCC2)c1. The molecule has 0 radical (unpaired) electrons. The Hall–Kier alpha value is -2.20. The van der Waals surface area contributed by atoms with Gasteiger partial charge < -0.3 is 5.32 Å². The second-order valence-corrected chi connectivity index (χ2v) is 10.9. The molecule has 1 N–H and O–H groups in total. The molecule has 6 nitrogen and oxygen atoms in total. The van der Waals surface area contributed by atoms with Crippen LogP contribution in [0.5, 0.6) is 0 Å². The Bertz CT molecular complexity index is 1120. The number of carbonyl (C=O) groups is 1. The largest absolute Gasteiger partial charge is 0.325 e. The Morgan fingerprint density at radius 1 is 1.10 bits per heavy atom. The second-order valence-electron chi connectivity index (χ2n) is 6.84. The molecule has 1 aromatic heterocycles. The van der Waals surface area contributed by atoms with Gasteiger partial charge in [-0.05, 0) is 31.0 Å². The highest BCUT2D eigenvalue weighted by atomic mass is 32.2. The Morgan fingerprint density at radius 3 is 2.63 bits per heavy atom. The van der Waals surface area contributed by atoms with Gasteiger partial charge in [0.15, 0.2) is 4.34 Å². The molecule has 2 heterocycles. The van der Waals surface area contributed by atoms with Crippen LogP contribution in [0, 0.1) is 0 Å². The highest BCUT2D eigenvalue weighted by molar-refractivity contribution is 8.01. The molecule has 1 aliphatic heterocycles. The third kappa shape index (κ3) is 4.92. The van der Waals surface area contributed by atoms with E-state index in [9.17, 15) is 13.2 Å². The number of rotatable bonds is 7. The van der Waals surface area contributed by atoms with Crippen molar-refractivity contribution in [3.63, 3.8) is 0 Å². The third-order valence-electron chi connectivity index (χ3n) is 4.70. The lowest BCUT2D eigenvalue weighted by molar-refractivity contribution is -0.113. The zero-order valence-corrected chi connectivity index (χ0v) is 18.6. The predicted octanol–water partition coefficient (Wildman–Crippen LogP) is 4.33. The molecule has 0 bridgehead atoms. The van der Waals surface area contributed by atoms with Crippen LogP contribution in [0.1, 0.15) is 12.8 Å². The van der Waals surface area contributed by atoms with E-state index in [0.717, 1.165) is 28.4 Å². The van der Waals surface area contributed by atoms with Gasteiger partial charge in [-0.3, -0.25) is 4.79 Å². The van der Waals surface area contributed by atoms with Crippen molar-refractivity contribution in [2.45, 2.75) is 22.1 Å². The van der Waals surface area contributed by atoms with Crippen molar-refractivity contribution in [3.05, 3.63) is 60.0 Å². The van der Waals surface area contributed by atoms with Crippen LogP contribution in [0.4, 0.5) is 5.69 Å². The van der Waals surface area contributed by atoms with Crippen molar-refractivity contribution in [2.75, 3.05) is 24.2 Å². The number of hydrogen-bond acceptors (Lipinski definition) is 6. The van der Waals surface area contributed by atoms with E-state index in [2.05, 4.69) is 10.3 Å². The number of thioether (sulfide) groups is 1. The number of carbonyl (C=O) groups excluding carboxylic acids is 1. The topological polar surface area (TPSA) is 79.4 Å². The van der Waals surface area contributed by atoms with Gasteiger partial charge in [0, 0.05) is 29.7 Å². The number of benzene rings is 2. The first kappa shape index (κ1) is 21.0. The quantitative estimate of drug-likeness (QED) is 0.532. The van der Waals surface area contributed by atoms with Crippen molar-refractivity contribution >= 4 is 44.7 Å². The van der Waals surface area contributed by atoms with Gasteiger partial charge in [-0.25, -0.2) is 13.4 Å². The molecule has 1 amide bonds. The van der Waals surface area contributed by atoms with Gasteiger partial charge in [-0.15, -0.1) is 11.3 Å². The predicted molar refractivity (Wildman–Crippen MR) is 121 cm³/mol. The minimum absolute atomic E-state index is 0.199. The first-order valence-corrected chi connectivity index (χ1v) is 12.9. The van der Waals surface area contributed by atoms with Gasteiger partial charge in [-0.1, -0.05) is 48.2 Å². The van der Waals surface area contributed by atoms with Crippen LogP contribution < -0.4 is 5.32 Å². The molecule has 3 aromatic rings. The van der Waals surface area contributed by atoms with E-state index < -0.39 is 10.0 Å². The first-order valence-electron chi connectivity index (χ1n) is 9.56. The maximum absolute atomic E-state index is 12.7. The fourth-order valence-corrected chi connectivity index (χ4v) is 6.40. The average Bonchev–Trinajstić information content (AvgIpc) is 3.46. The molecule has 0 unspecified atom stereocenters. The number of sulfonamides is 1. The number of thiazole rings is 1. The fourth-order valence-electron chi connectivity index (χ4n) is 3.20. The molecule has 4 rings (SSSR count). The number of hydrogen-bond donors (Lipinski definition) is 1. The first-order chi connectivity index (χ1) is 14.5. The molecule has 0 spiro atoms. The maximum Gasteiger partial charge on any atom is 0.243 e. The lowest BCUT2D eigenvalue weighted by atomic mass is 10.2. The molecule has 1 saturated heterocycles. The van der Waals surface area contributed by atoms with Crippen molar-refractivity contribution in [3.8, 4) is 11.3 Å². The fraction of sp³-hybridized carbons (Fsp3) is 0.238. The summed E-state index contributed by atoms with van der Waals surface area (Å²) in [5.74, 6) is -0.00243. The summed E-state index contributed by atoms with van der Waals surface area (Å²) in [7, 11) is -3.51. The monoisotopic (exact) mass is 459 g/mol. The Morgan fingerprint density at radius 2 is 1.87 bits per heavy atom. The summed E-state index contributed by atoms with van der Waals surface area (Å²) >= 11 is 2.86. The van der Waals surface area contributed by atoms with E-state index in [-0.39, 0.29) is 16.6 Å². The van der Waals surface area contributed by atoms with Gasteiger partial charge >= 0.3 is 0 Å².